The zero-order valence-corrected chi connectivity index (χ0v) is 21.2. The van der Waals surface area contributed by atoms with Crippen molar-refractivity contribution in [2.75, 3.05) is 13.4 Å². The van der Waals surface area contributed by atoms with Gasteiger partial charge >= 0.3 is 6.03 Å². The van der Waals surface area contributed by atoms with Crippen LogP contribution in [-0.2, 0) is 24.3 Å². The Balaban J connectivity index is 1.22. The number of carbonyl (C=O) groups excluding carboxylic acids is 2. The molecule has 2 aromatic carbocycles. The van der Waals surface area contributed by atoms with Gasteiger partial charge in [-0.3, -0.25) is 19.3 Å². The molecular weight excluding hydrogens is 500 g/mol. The number of aliphatic hydroxyl groups is 1. The van der Waals surface area contributed by atoms with Crippen LogP contribution in [0.1, 0.15) is 47.8 Å². The molecule has 0 bridgehead atoms. The van der Waals surface area contributed by atoms with Crippen LogP contribution in [0, 0.1) is 0 Å². The number of amides is 3. The summed E-state index contributed by atoms with van der Waals surface area (Å²) < 4.78 is 12.9. The average molecular weight is 529 g/mol. The largest absolute Gasteiger partial charge is 0.454 e. The van der Waals surface area contributed by atoms with Crippen LogP contribution in [0.4, 0.5) is 4.79 Å². The summed E-state index contributed by atoms with van der Waals surface area (Å²) in [6.45, 7) is 1.05. The lowest BCUT2D eigenvalue weighted by atomic mass is 9.88. The van der Waals surface area contributed by atoms with Crippen molar-refractivity contribution in [1.29, 1.82) is 0 Å². The van der Waals surface area contributed by atoms with Crippen LogP contribution in [0.15, 0.2) is 48.7 Å². The summed E-state index contributed by atoms with van der Waals surface area (Å²) in [7, 11) is 0. The van der Waals surface area contributed by atoms with Gasteiger partial charge in [0.05, 0.1) is 12.7 Å². The molecule has 2 atom stereocenters. The van der Waals surface area contributed by atoms with Crippen molar-refractivity contribution in [3.63, 3.8) is 0 Å². The monoisotopic (exact) mass is 528 g/mol. The molecule has 2 aromatic heterocycles. The van der Waals surface area contributed by atoms with Crippen molar-refractivity contribution in [1.82, 2.24) is 29.8 Å². The molecule has 5 heterocycles. The number of nitrogens with zero attached hydrogens (tertiary/aromatic N) is 5. The van der Waals surface area contributed by atoms with Crippen molar-refractivity contribution in [2.45, 2.75) is 50.9 Å². The maximum absolute atomic E-state index is 13.9. The number of aromatic amines is 1. The normalized spacial score (nSPS) is 19.7. The van der Waals surface area contributed by atoms with Crippen LogP contribution in [0.5, 0.6) is 11.5 Å². The smallest absolute Gasteiger partial charge is 0.328 e. The molecule has 39 heavy (non-hydrogen) atoms. The number of para-hydroxylation sites is 1. The van der Waals surface area contributed by atoms with Crippen LogP contribution in [0.2, 0.25) is 0 Å². The van der Waals surface area contributed by atoms with Gasteiger partial charge in [-0.2, -0.15) is 0 Å². The number of nitrogens with one attached hydrogen (secondary N) is 1. The van der Waals surface area contributed by atoms with Crippen LogP contribution < -0.4 is 9.47 Å². The summed E-state index contributed by atoms with van der Waals surface area (Å²) in [6, 6.07) is 12.2. The number of imide groups is 1. The number of ether oxygens (including phenoxy) is 2. The van der Waals surface area contributed by atoms with Crippen molar-refractivity contribution in [3.8, 4) is 11.5 Å². The van der Waals surface area contributed by atoms with E-state index in [2.05, 4.69) is 21.4 Å². The second kappa shape index (κ2) is 9.42. The lowest BCUT2D eigenvalue weighted by molar-refractivity contribution is -0.129. The first-order valence-electron chi connectivity index (χ1n) is 13.2. The first-order valence-corrected chi connectivity index (χ1v) is 13.2. The number of aromatic nitrogens is 4. The Kier molecular flexibility index (Phi) is 5.73. The van der Waals surface area contributed by atoms with Crippen LogP contribution in [0.25, 0.3) is 10.9 Å². The van der Waals surface area contributed by atoms with E-state index in [1.807, 2.05) is 36.4 Å². The first-order chi connectivity index (χ1) is 19.1. The molecule has 3 aliphatic heterocycles. The number of carbonyl (C=O) groups is 2. The fourth-order valence-corrected chi connectivity index (χ4v) is 5.95. The second-order valence-corrected chi connectivity index (χ2v) is 10.2. The number of fused-ring (bicyclic) bond motifs is 5. The molecule has 0 saturated carbocycles. The van der Waals surface area contributed by atoms with Crippen LogP contribution in [-0.4, -0.2) is 66.3 Å². The summed E-state index contributed by atoms with van der Waals surface area (Å²) in [5.74, 6) is 1.05. The molecule has 11 nitrogen and oxygen atoms in total. The van der Waals surface area contributed by atoms with Gasteiger partial charge in [-0.1, -0.05) is 29.5 Å². The van der Waals surface area contributed by atoms with Gasteiger partial charge in [0.15, 0.2) is 11.5 Å². The van der Waals surface area contributed by atoms with Crippen LogP contribution >= 0.6 is 0 Å². The molecule has 4 aromatic rings. The third-order valence-corrected chi connectivity index (χ3v) is 7.80. The van der Waals surface area contributed by atoms with E-state index in [0.717, 1.165) is 47.0 Å². The van der Waals surface area contributed by atoms with Gasteiger partial charge in [0.25, 0.3) is 5.91 Å². The molecule has 7 rings (SSSR count). The molecule has 11 heteroatoms. The minimum absolute atomic E-state index is 0.0594. The predicted molar refractivity (Wildman–Crippen MR) is 139 cm³/mol. The van der Waals surface area contributed by atoms with Crippen LogP contribution in [0.3, 0.4) is 0 Å². The standard InChI is InChI=1S/C28H28N6O5/c35-11-5-1-4-10-32-14-18(30-31-32)15-33-27(36)22-13-20-19-6-2-3-7-21(19)29-25(20)26(34(22)28(33)37)17-8-9-23-24(12-17)39-16-38-23/h2-3,6-9,12,14,22,26,29,35H,1,4-5,10-11,13,15-16H2/t22-,26+/m0/s1. The summed E-state index contributed by atoms with van der Waals surface area (Å²) in [6.07, 6.45) is 4.71. The SMILES string of the molecule is O=C1[C@@H]2Cc3c([nH]c4ccccc34)[C@@H](c3ccc4c(c3)OCO4)N2C(=O)N1Cc1cn(CCCCCO)nn1. The molecule has 3 aliphatic rings. The van der Waals surface area contributed by atoms with Gasteiger partial charge in [-0.25, -0.2) is 4.79 Å². The fraction of sp³-hybridized carbons (Fsp3) is 0.357. The van der Waals surface area contributed by atoms with Crippen molar-refractivity contribution in [2.24, 2.45) is 0 Å². The maximum Gasteiger partial charge on any atom is 0.328 e. The fourth-order valence-electron chi connectivity index (χ4n) is 5.95. The van der Waals surface area contributed by atoms with Crippen molar-refractivity contribution >= 4 is 22.8 Å². The number of hydrogen-bond acceptors (Lipinski definition) is 7. The highest BCUT2D eigenvalue weighted by molar-refractivity contribution is 6.05. The molecule has 0 unspecified atom stereocenters. The van der Waals surface area contributed by atoms with E-state index in [4.69, 9.17) is 14.6 Å². The number of rotatable bonds is 8. The van der Waals surface area contributed by atoms with E-state index in [1.54, 1.807) is 15.8 Å². The van der Waals surface area contributed by atoms with Crippen molar-refractivity contribution in [3.05, 3.63) is 71.2 Å². The maximum atomic E-state index is 13.9. The lowest BCUT2D eigenvalue weighted by Crippen LogP contribution is -2.44. The Morgan fingerprint density at radius 2 is 1.92 bits per heavy atom. The Morgan fingerprint density at radius 3 is 2.82 bits per heavy atom. The van der Waals surface area contributed by atoms with E-state index in [1.165, 1.54) is 4.90 Å². The Bertz CT molecular complexity index is 1580. The summed E-state index contributed by atoms with van der Waals surface area (Å²) in [4.78, 5) is 34.2. The van der Waals surface area contributed by atoms with E-state index >= 15 is 0 Å². The van der Waals surface area contributed by atoms with E-state index in [0.29, 0.717) is 30.2 Å². The van der Waals surface area contributed by atoms with Crippen molar-refractivity contribution < 1.29 is 24.2 Å². The highest BCUT2D eigenvalue weighted by Gasteiger charge is 2.52. The topological polar surface area (TPSA) is 126 Å². The molecule has 0 radical (unpaired) electrons. The average Bonchev–Trinajstić information content (AvgIpc) is 3.73. The summed E-state index contributed by atoms with van der Waals surface area (Å²) in [5.41, 5.74) is 4.33. The minimum Gasteiger partial charge on any atom is -0.454 e. The van der Waals surface area contributed by atoms with E-state index in [-0.39, 0.29) is 31.9 Å². The zero-order chi connectivity index (χ0) is 26.5. The number of benzene rings is 2. The lowest BCUT2D eigenvalue weighted by Gasteiger charge is -2.36. The predicted octanol–water partition coefficient (Wildman–Crippen LogP) is 3.13. The second-order valence-electron chi connectivity index (χ2n) is 10.2. The molecule has 3 amide bonds. The van der Waals surface area contributed by atoms with E-state index in [9.17, 15) is 9.59 Å². The highest BCUT2D eigenvalue weighted by Crippen LogP contribution is 2.46. The minimum atomic E-state index is -0.631. The summed E-state index contributed by atoms with van der Waals surface area (Å²) >= 11 is 0. The molecule has 1 fully saturated rings. The van der Waals surface area contributed by atoms with E-state index < -0.39 is 12.1 Å². The number of unbranched alkanes of at least 4 members (excludes halogenated alkanes) is 2. The molecule has 0 spiro atoms. The number of aryl methyl sites for hydroxylation is 1. The Morgan fingerprint density at radius 1 is 1.05 bits per heavy atom. The van der Waals surface area contributed by atoms with Gasteiger partial charge in [0.1, 0.15) is 17.8 Å². The first kappa shape index (κ1) is 23.7. The molecular formula is C28H28N6O5. The van der Waals surface area contributed by atoms with Gasteiger partial charge in [-0.15, -0.1) is 5.10 Å². The molecule has 200 valence electrons. The molecule has 0 aliphatic carbocycles. The van der Waals surface area contributed by atoms with Gasteiger partial charge in [-0.05, 0) is 48.6 Å². The molecule has 2 N–H and O–H groups in total. The third-order valence-electron chi connectivity index (χ3n) is 7.80. The number of aliphatic hydroxyl groups excluding tert-OH is 1. The number of urea groups is 1. The molecule has 1 saturated heterocycles. The van der Waals surface area contributed by atoms with Gasteiger partial charge in [0, 0.05) is 36.2 Å². The van der Waals surface area contributed by atoms with Gasteiger partial charge in [0.2, 0.25) is 6.79 Å². The third kappa shape index (κ3) is 3.92. The number of hydrogen-bond donors (Lipinski definition) is 2. The Labute approximate surface area is 223 Å². The number of H-pyrrole nitrogens is 1. The summed E-state index contributed by atoms with van der Waals surface area (Å²) in [5, 5.41) is 18.4. The quantitative estimate of drug-likeness (QED) is 0.266. The van der Waals surface area contributed by atoms with Gasteiger partial charge < -0.3 is 19.6 Å². The zero-order valence-electron chi connectivity index (χ0n) is 21.2. The highest BCUT2D eigenvalue weighted by atomic mass is 16.7. The Hall–Kier alpha value is -4.38.